The van der Waals surface area contributed by atoms with E-state index in [4.69, 9.17) is 5.73 Å². The number of anilines is 1. The van der Waals surface area contributed by atoms with Crippen molar-refractivity contribution in [1.29, 1.82) is 0 Å². The highest BCUT2D eigenvalue weighted by Gasteiger charge is 2.28. The van der Waals surface area contributed by atoms with E-state index in [1.54, 1.807) is 4.90 Å². The average molecular weight is 247 g/mol. The second-order valence-corrected chi connectivity index (χ2v) is 5.12. The van der Waals surface area contributed by atoms with Crippen LogP contribution in [0, 0.1) is 5.92 Å². The smallest absolute Gasteiger partial charge is 0.240 e. The second kappa shape index (κ2) is 5.50. The summed E-state index contributed by atoms with van der Waals surface area (Å²) in [4.78, 5) is 16.0. The van der Waals surface area contributed by atoms with E-state index in [0.29, 0.717) is 12.5 Å². The lowest BCUT2D eigenvalue weighted by Gasteiger charge is -2.21. The molecule has 2 rings (SSSR count). The van der Waals surface area contributed by atoms with Crippen molar-refractivity contribution >= 4 is 11.6 Å². The fraction of sp³-hybridized carbons (Fsp3) is 0.500. The largest absolute Gasteiger partial charge is 0.326 e. The highest BCUT2D eigenvalue weighted by Crippen LogP contribution is 2.16. The molecule has 0 radical (unpaired) electrons. The number of para-hydroxylation sites is 1. The first-order chi connectivity index (χ1) is 8.58. The van der Waals surface area contributed by atoms with Crippen LogP contribution in [0.3, 0.4) is 0 Å². The Kier molecular flexibility index (Phi) is 3.99. The highest BCUT2D eigenvalue weighted by atomic mass is 16.2. The van der Waals surface area contributed by atoms with Crippen LogP contribution in [-0.4, -0.2) is 43.5 Å². The molecule has 0 saturated carbocycles. The van der Waals surface area contributed by atoms with Gasteiger partial charge in [-0.2, -0.15) is 0 Å². The lowest BCUT2D eigenvalue weighted by atomic mass is 10.1. The molecule has 2 atom stereocenters. The number of nitrogens with zero attached hydrogens (tertiary/aromatic N) is 2. The van der Waals surface area contributed by atoms with Crippen molar-refractivity contribution in [3.63, 3.8) is 0 Å². The minimum Gasteiger partial charge on any atom is -0.326 e. The molecule has 0 spiro atoms. The number of nitrogens with two attached hydrogens (primary N) is 1. The van der Waals surface area contributed by atoms with Crippen molar-refractivity contribution < 1.29 is 4.79 Å². The normalized spacial score (nSPS) is 24.2. The maximum absolute atomic E-state index is 12.2. The molecule has 4 nitrogen and oxygen atoms in total. The Labute approximate surface area is 108 Å². The molecule has 1 fully saturated rings. The van der Waals surface area contributed by atoms with E-state index in [0.717, 1.165) is 18.8 Å². The average Bonchev–Trinajstić information content (AvgIpc) is 2.68. The van der Waals surface area contributed by atoms with E-state index in [9.17, 15) is 4.79 Å². The number of hydrogen-bond donors (Lipinski definition) is 1. The van der Waals surface area contributed by atoms with Crippen molar-refractivity contribution in [3.8, 4) is 0 Å². The van der Waals surface area contributed by atoms with E-state index >= 15 is 0 Å². The topological polar surface area (TPSA) is 49.6 Å². The summed E-state index contributed by atoms with van der Waals surface area (Å²) in [6.07, 6.45) is 0. The first-order valence-electron chi connectivity index (χ1n) is 6.37. The summed E-state index contributed by atoms with van der Waals surface area (Å²) in [5, 5.41) is 0. The zero-order valence-electron chi connectivity index (χ0n) is 11.0. The molecule has 1 aliphatic rings. The van der Waals surface area contributed by atoms with E-state index < -0.39 is 0 Å². The summed E-state index contributed by atoms with van der Waals surface area (Å²) in [6, 6.07) is 9.90. The number of likely N-dealkylation sites (N-methyl/N-ethyl adjacent to an activating group) is 1. The third-order valence-corrected chi connectivity index (χ3v) is 3.62. The summed E-state index contributed by atoms with van der Waals surface area (Å²) >= 11 is 0. The fourth-order valence-corrected chi connectivity index (χ4v) is 2.32. The van der Waals surface area contributed by atoms with Crippen LogP contribution in [-0.2, 0) is 4.79 Å². The molecule has 0 aliphatic carbocycles. The van der Waals surface area contributed by atoms with Gasteiger partial charge in [-0.1, -0.05) is 25.1 Å². The zero-order chi connectivity index (χ0) is 13.1. The van der Waals surface area contributed by atoms with Crippen LogP contribution in [0.5, 0.6) is 0 Å². The molecule has 1 heterocycles. The number of carbonyl (C=O) groups excluding carboxylic acids is 1. The van der Waals surface area contributed by atoms with Gasteiger partial charge in [0.1, 0.15) is 0 Å². The SMILES string of the molecule is CC1CN(CC(=O)N(C)c2ccccc2)CC1N. The Morgan fingerprint density at radius 2 is 2.06 bits per heavy atom. The predicted molar refractivity (Wildman–Crippen MR) is 73.4 cm³/mol. The Balaban J connectivity index is 1.93. The van der Waals surface area contributed by atoms with Gasteiger partial charge in [-0.05, 0) is 18.1 Å². The van der Waals surface area contributed by atoms with E-state index in [1.807, 2.05) is 37.4 Å². The van der Waals surface area contributed by atoms with Gasteiger partial charge in [0.2, 0.25) is 5.91 Å². The molecule has 18 heavy (non-hydrogen) atoms. The van der Waals surface area contributed by atoms with Gasteiger partial charge in [0.25, 0.3) is 0 Å². The summed E-state index contributed by atoms with van der Waals surface area (Å²) in [6.45, 7) is 4.31. The maximum Gasteiger partial charge on any atom is 0.240 e. The second-order valence-electron chi connectivity index (χ2n) is 5.12. The molecule has 1 saturated heterocycles. The quantitative estimate of drug-likeness (QED) is 0.864. The molecule has 4 heteroatoms. The van der Waals surface area contributed by atoms with Crippen molar-refractivity contribution in [3.05, 3.63) is 30.3 Å². The van der Waals surface area contributed by atoms with E-state index in [1.165, 1.54) is 0 Å². The van der Waals surface area contributed by atoms with E-state index in [2.05, 4.69) is 11.8 Å². The van der Waals surface area contributed by atoms with Gasteiger partial charge < -0.3 is 10.6 Å². The molecule has 1 aliphatic heterocycles. The number of likely N-dealkylation sites (tertiary alicyclic amines) is 1. The van der Waals surface area contributed by atoms with E-state index in [-0.39, 0.29) is 11.9 Å². The van der Waals surface area contributed by atoms with Crippen LogP contribution in [0.25, 0.3) is 0 Å². The van der Waals surface area contributed by atoms with Crippen LogP contribution in [0.1, 0.15) is 6.92 Å². The van der Waals surface area contributed by atoms with Crippen molar-refractivity contribution in [2.45, 2.75) is 13.0 Å². The Hall–Kier alpha value is -1.39. The van der Waals surface area contributed by atoms with Crippen molar-refractivity contribution in [1.82, 2.24) is 4.90 Å². The molecular formula is C14H21N3O. The summed E-state index contributed by atoms with van der Waals surface area (Å²) in [5.41, 5.74) is 6.89. The van der Waals surface area contributed by atoms with Crippen LogP contribution in [0.15, 0.2) is 30.3 Å². The number of amides is 1. The first kappa shape index (κ1) is 13.1. The molecule has 0 aromatic heterocycles. The summed E-state index contributed by atoms with van der Waals surface area (Å²) in [5.74, 6) is 0.585. The van der Waals surface area contributed by atoms with Gasteiger partial charge in [0.05, 0.1) is 6.54 Å². The predicted octanol–water partition coefficient (Wildman–Crippen LogP) is 0.928. The molecule has 1 aromatic rings. The van der Waals surface area contributed by atoms with Crippen LogP contribution in [0.4, 0.5) is 5.69 Å². The fourth-order valence-electron chi connectivity index (χ4n) is 2.32. The number of rotatable bonds is 3. The first-order valence-corrected chi connectivity index (χ1v) is 6.37. The molecule has 2 unspecified atom stereocenters. The summed E-state index contributed by atoms with van der Waals surface area (Å²) < 4.78 is 0. The summed E-state index contributed by atoms with van der Waals surface area (Å²) in [7, 11) is 1.82. The number of hydrogen-bond acceptors (Lipinski definition) is 3. The third kappa shape index (κ3) is 2.89. The lowest BCUT2D eigenvalue weighted by molar-refractivity contribution is -0.119. The van der Waals surface area contributed by atoms with Gasteiger partial charge in [-0.25, -0.2) is 0 Å². The molecule has 2 N–H and O–H groups in total. The van der Waals surface area contributed by atoms with Gasteiger partial charge in [-0.3, -0.25) is 9.69 Å². The van der Waals surface area contributed by atoms with Crippen LogP contribution >= 0.6 is 0 Å². The minimum absolute atomic E-state index is 0.113. The zero-order valence-corrected chi connectivity index (χ0v) is 11.0. The van der Waals surface area contributed by atoms with Crippen molar-refractivity contribution in [2.24, 2.45) is 11.7 Å². The third-order valence-electron chi connectivity index (χ3n) is 3.62. The van der Waals surface area contributed by atoms with Crippen molar-refractivity contribution in [2.75, 3.05) is 31.6 Å². The molecular weight excluding hydrogens is 226 g/mol. The molecule has 1 aromatic carbocycles. The highest BCUT2D eigenvalue weighted by molar-refractivity contribution is 5.94. The Bertz CT molecular complexity index is 397. The molecule has 98 valence electrons. The lowest BCUT2D eigenvalue weighted by Crippen LogP contribution is -2.38. The standard InChI is InChI=1S/C14H21N3O/c1-11-8-17(9-13(11)15)10-14(18)16(2)12-6-4-3-5-7-12/h3-7,11,13H,8-10,15H2,1-2H3. The number of carbonyl (C=O) groups is 1. The minimum atomic E-state index is 0.113. The van der Waals surface area contributed by atoms with Crippen LogP contribution in [0.2, 0.25) is 0 Å². The monoisotopic (exact) mass is 247 g/mol. The van der Waals surface area contributed by atoms with Gasteiger partial charge in [0, 0.05) is 31.9 Å². The Morgan fingerprint density at radius 1 is 1.39 bits per heavy atom. The maximum atomic E-state index is 12.2. The molecule has 0 bridgehead atoms. The number of benzene rings is 1. The molecule has 1 amide bonds. The van der Waals surface area contributed by atoms with Gasteiger partial charge >= 0.3 is 0 Å². The van der Waals surface area contributed by atoms with Crippen LogP contribution < -0.4 is 10.6 Å². The Morgan fingerprint density at radius 3 is 2.61 bits per heavy atom. The van der Waals surface area contributed by atoms with Gasteiger partial charge in [-0.15, -0.1) is 0 Å². The van der Waals surface area contributed by atoms with Gasteiger partial charge in [0.15, 0.2) is 0 Å².